The maximum Gasteiger partial charge on any atom is 0.540 e. The number of halogens is 3. The molecule has 0 saturated heterocycles. The molecule has 10 heavy (non-hydrogen) atoms. The van der Waals surface area contributed by atoms with Crippen molar-refractivity contribution < 1.29 is 32.8 Å². The van der Waals surface area contributed by atoms with E-state index in [1.807, 2.05) is 0 Å². The zero-order valence-electron chi connectivity index (χ0n) is 4.51. The summed E-state index contributed by atoms with van der Waals surface area (Å²) in [6.07, 6.45) is -6.38. The molecule has 0 saturated carbocycles. The smallest absolute Gasteiger partial charge is 0.423 e. The van der Waals surface area contributed by atoms with Gasteiger partial charge in [-0.1, -0.05) is 0 Å². The number of rotatable bonds is 1. The van der Waals surface area contributed by atoms with Crippen LogP contribution in [0.5, 0.6) is 0 Å². The van der Waals surface area contributed by atoms with Crippen molar-refractivity contribution in [3.05, 3.63) is 0 Å². The van der Waals surface area contributed by atoms with Crippen LogP contribution in [0.4, 0.5) is 18.0 Å². The van der Waals surface area contributed by atoms with E-state index >= 15 is 0 Å². The summed E-state index contributed by atoms with van der Waals surface area (Å²) in [7, 11) is 0. The molecule has 0 aliphatic rings. The van der Waals surface area contributed by atoms with Crippen molar-refractivity contribution in [1.82, 2.24) is 0 Å². The molecule has 7 heteroatoms. The van der Waals surface area contributed by atoms with Crippen molar-refractivity contribution in [3.8, 4) is 0 Å². The third kappa shape index (κ3) is 5.16. The molecule has 0 amide bonds. The lowest BCUT2D eigenvalue weighted by Gasteiger charge is -2.04. The Bertz CT molecular complexity index is 119. The highest BCUT2D eigenvalue weighted by Crippen LogP contribution is 2.14. The Morgan fingerprint density at radius 3 is 2.30 bits per heavy atom. The Morgan fingerprint density at radius 2 is 2.00 bits per heavy atom. The minimum atomic E-state index is -4.60. The van der Waals surface area contributed by atoms with Gasteiger partial charge in [0.15, 0.2) is 6.61 Å². The standard InChI is InChI=1S/C3H3F3O4/c4-3(5,6)1-9-2(7)10-8/h8H,1H2. The van der Waals surface area contributed by atoms with E-state index in [-0.39, 0.29) is 0 Å². The normalized spacial score (nSPS) is 10.8. The van der Waals surface area contributed by atoms with Gasteiger partial charge in [0.2, 0.25) is 0 Å². The Hall–Kier alpha value is -0.980. The fourth-order valence-corrected chi connectivity index (χ4v) is 0.167. The molecule has 0 spiro atoms. The quantitative estimate of drug-likeness (QED) is 0.355. The molecule has 0 bridgehead atoms. The molecule has 0 unspecified atom stereocenters. The summed E-state index contributed by atoms with van der Waals surface area (Å²) in [5.74, 6) is 0. The van der Waals surface area contributed by atoms with E-state index in [1.54, 1.807) is 0 Å². The van der Waals surface area contributed by atoms with Crippen LogP contribution in [0, 0.1) is 0 Å². The number of hydrogen-bond donors (Lipinski definition) is 1. The number of alkyl halides is 3. The first-order valence-electron chi connectivity index (χ1n) is 2.00. The summed E-state index contributed by atoms with van der Waals surface area (Å²) in [6.45, 7) is -1.77. The van der Waals surface area contributed by atoms with E-state index in [4.69, 9.17) is 5.26 Å². The molecule has 0 aliphatic carbocycles. The fraction of sp³-hybridized carbons (Fsp3) is 0.667. The molecular weight excluding hydrogens is 157 g/mol. The molecule has 1 N–H and O–H groups in total. The Balaban J connectivity index is 3.46. The first-order chi connectivity index (χ1) is 4.45. The number of hydrogen-bond acceptors (Lipinski definition) is 4. The molecule has 0 heterocycles. The molecule has 60 valence electrons. The lowest BCUT2D eigenvalue weighted by atomic mass is 10.7. The van der Waals surface area contributed by atoms with Gasteiger partial charge in [-0.2, -0.15) is 18.4 Å². The third-order valence-corrected chi connectivity index (χ3v) is 0.428. The van der Waals surface area contributed by atoms with Gasteiger partial charge in [0.25, 0.3) is 0 Å². The number of carbonyl (C=O) groups excluding carboxylic acids is 1. The van der Waals surface area contributed by atoms with Gasteiger partial charge in [-0.3, -0.25) is 4.89 Å². The molecule has 0 aliphatic heterocycles. The van der Waals surface area contributed by atoms with Gasteiger partial charge in [0, 0.05) is 0 Å². The van der Waals surface area contributed by atoms with Gasteiger partial charge in [-0.15, -0.1) is 0 Å². The average Bonchev–Trinajstić information content (AvgIpc) is 1.81. The highest BCUT2D eigenvalue weighted by molar-refractivity contribution is 5.58. The van der Waals surface area contributed by atoms with Crippen molar-refractivity contribution in [2.45, 2.75) is 6.18 Å². The second-order valence-electron chi connectivity index (χ2n) is 1.25. The SMILES string of the molecule is O=C(OO)OCC(F)(F)F. The first-order valence-corrected chi connectivity index (χ1v) is 2.00. The van der Waals surface area contributed by atoms with Gasteiger partial charge in [0.05, 0.1) is 0 Å². The van der Waals surface area contributed by atoms with Crippen molar-refractivity contribution >= 4 is 6.16 Å². The fourth-order valence-electron chi connectivity index (χ4n) is 0.167. The Kier molecular flexibility index (Phi) is 2.94. The second-order valence-corrected chi connectivity index (χ2v) is 1.25. The monoisotopic (exact) mass is 160 g/mol. The average molecular weight is 160 g/mol. The minimum absolute atomic E-state index is 1.77. The van der Waals surface area contributed by atoms with Crippen LogP contribution in [-0.4, -0.2) is 24.2 Å². The summed E-state index contributed by atoms with van der Waals surface area (Å²) in [4.78, 5) is 12.4. The van der Waals surface area contributed by atoms with Crippen molar-refractivity contribution in [1.29, 1.82) is 0 Å². The molecule has 0 radical (unpaired) electrons. The number of carbonyl (C=O) groups is 1. The predicted octanol–water partition coefficient (Wildman–Crippen LogP) is 1.17. The predicted molar refractivity (Wildman–Crippen MR) is 21.1 cm³/mol. The van der Waals surface area contributed by atoms with Gasteiger partial charge in [-0.05, 0) is 0 Å². The molecule has 0 aromatic rings. The Labute approximate surface area is 53.1 Å². The number of ether oxygens (including phenoxy) is 1. The highest BCUT2D eigenvalue weighted by atomic mass is 19.4. The van der Waals surface area contributed by atoms with Crippen LogP contribution in [0.3, 0.4) is 0 Å². The molecule has 0 aromatic carbocycles. The van der Waals surface area contributed by atoms with Crippen molar-refractivity contribution in [2.24, 2.45) is 0 Å². The van der Waals surface area contributed by atoms with Crippen molar-refractivity contribution in [2.75, 3.05) is 6.61 Å². The summed E-state index contributed by atoms with van der Waals surface area (Å²) in [5.41, 5.74) is 0. The van der Waals surface area contributed by atoms with Crippen LogP contribution >= 0.6 is 0 Å². The van der Waals surface area contributed by atoms with Gasteiger partial charge >= 0.3 is 12.3 Å². The van der Waals surface area contributed by atoms with Crippen LogP contribution < -0.4 is 0 Å². The zero-order valence-corrected chi connectivity index (χ0v) is 4.51. The first kappa shape index (κ1) is 9.02. The minimum Gasteiger partial charge on any atom is -0.423 e. The molecule has 0 rings (SSSR count). The van der Waals surface area contributed by atoms with E-state index < -0.39 is 18.9 Å². The molecule has 0 atom stereocenters. The summed E-state index contributed by atoms with van der Waals surface area (Å²) in [5, 5.41) is 7.39. The maximum atomic E-state index is 11.1. The van der Waals surface area contributed by atoms with E-state index in [0.717, 1.165) is 0 Å². The largest absolute Gasteiger partial charge is 0.540 e. The van der Waals surface area contributed by atoms with Gasteiger partial charge < -0.3 is 4.74 Å². The topological polar surface area (TPSA) is 55.8 Å². The maximum absolute atomic E-state index is 11.1. The van der Waals surface area contributed by atoms with Crippen LogP contribution in [0.2, 0.25) is 0 Å². The molecule has 0 aromatic heterocycles. The Morgan fingerprint density at radius 1 is 1.50 bits per heavy atom. The van der Waals surface area contributed by atoms with Crippen molar-refractivity contribution in [3.63, 3.8) is 0 Å². The lowest BCUT2D eigenvalue weighted by Crippen LogP contribution is -2.20. The van der Waals surface area contributed by atoms with Crippen LogP contribution in [0.1, 0.15) is 0 Å². The van der Waals surface area contributed by atoms with Gasteiger partial charge in [-0.25, -0.2) is 4.79 Å². The second kappa shape index (κ2) is 3.25. The third-order valence-electron chi connectivity index (χ3n) is 0.428. The van der Waals surface area contributed by atoms with E-state index in [9.17, 15) is 18.0 Å². The molecule has 0 fully saturated rings. The summed E-state index contributed by atoms with van der Waals surface area (Å²) < 4.78 is 36.7. The molecule has 4 nitrogen and oxygen atoms in total. The van der Waals surface area contributed by atoms with Crippen LogP contribution in [-0.2, 0) is 9.62 Å². The van der Waals surface area contributed by atoms with Crippen LogP contribution in [0.15, 0.2) is 0 Å². The summed E-state index contributed by atoms with van der Waals surface area (Å²) in [6, 6.07) is 0. The summed E-state index contributed by atoms with van der Waals surface area (Å²) >= 11 is 0. The van der Waals surface area contributed by atoms with Crippen LogP contribution in [0.25, 0.3) is 0 Å². The van der Waals surface area contributed by atoms with E-state index in [2.05, 4.69) is 9.62 Å². The van der Waals surface area contributed by atoms with Gasteiger partial charge in [0.1, 0.15) is 0 Å². The highest BCUT2D eigenvalue weighted by Gasteiger charge is 2.29. The lowest BCUT2D eigenvalue weighted by molar-refractivity contribution is -0.220. The zero-order chi connectivity index (χ0) is 8.20. The van der Waals surface area contributed by atoms with E-state index in [0.29, 0.717) is 0 Å². The molecular formula is C3H3F3O4. The van der Waals surface area contributed by atoms with E-state index in [1.165, 1.54) is 0 Å².